The fourth-order valence-electron chi connectivity index (χ4n) is 2.85. The van der Waals surface area contributed by atoms with Crippen LogP contribution in [0.1, 0.15) is 41.7 Å². The van der Waals surface area contributed by atoms with Crippen molar-refractivity contribution in [2.75, 3.05) is 10.6 Å². The molecule has 5 nitrogen and oxygen atoms in total. The van der Waals surface area contributed by atoms with Crippen molar-refractivity contribution in [2.45, 2.75) is 37.9 Å². The Morgan fingerprint density at radius 2 is 1.88 bits per heavy atom. The van der Waals surface area contributed by atoms with Crippen molar-refractivity contribution >= 4 is 29.0 Å². The summed E-state index contributed by atoms with van der Waals surface area (Å²) in [6.07, 6.45) is 2.42. The van der Waals surface area contributed by atoms with Gasteiger partial charge in [-0.15, -0.1) is 0 Å². The number of carbonyl (C=O) groups is 1. The third-order valence-corrected chi connectivity index (χ3v) is 4.36. The Kier molecular flexibility index (Phi) is 5.31. The van der Waals surface area contributed by atoms with Gasteiger partial charge in [-0.05, 0) is 31.0 Å². The topological polar surface area (TPSA) is 66.9 Å². The van der Waals surface area contributed by atoms with Gasteiger partial charge in [0.25, 0.3) is 5.91 Å². The van der Waals surface area contributed by atoms with Gasteiger partial charge in [0.05, 0.1) is 23.6 Å². The first-order valence-electron chi connectivity index (χ1n) is 8.09. The average Bonchev–Trinajstić information content (AvgIpc) is 3.09. The zero-order valence-electron chi connectivity index (χ0n) is 13.6. The number of nitrogens with zero attached hydrogens (tertiary/aromatic N) is 2. The summed E-state index contributed by atoms with van der Waals surface area (Å²) in [5.74, 6) is -0.242. The molecule has 1 aliphatic rings. The van der Waals surface area contributed by atoms with Gasteiger partial charge in [0.15, 0.2) is 0 Å². The number of nitrogens with one attached hydrogen (secondary N) is 2. The Morgan fingerprint density at radius 1 is 1.15 bits per heavy atom. The Labute approximate surface area is 153 Å². The maximum atomic E-state index is 13.1. The second-order valence-corrected chi connectivity index (χ2v) is 6.49. The number of anilines is 2. The quantitative estimate of drug-likeness (QED) is 0.797. The maximum absolute atomic E-state index is 13.1. The summed E-state index contributed by atoms with van der Waals surface area (Å²) in [5.41, 5.74) is -1.49. The van der Waals surface area contributed by atoms with Crippen molar-refractivity contribution in [3.63, 3.8) is 0 Å². The van der Waals surface area contributed by atoms with Crippen molar-refractivity contribution in [2.24, 2.45) is 0 Å². The molecule has 0 saturated heterocycles. The van der Waals surface area contributed by atoms with Crippen molar-refractivity contribution in [3.05, 3.63) is 46.9 Å². The summed E-state index contributed by atoms with van der Waals surface area (Å²) in [6.45, 7) is 0. The van der Waals surface area contributed by atoms with Crippen LogP contribution in [0, 0.1) is 0 Å². The third-order valence-electron chi connectivity index (χ3n) is 4.13. The van der Waals surface area contributed by atoms with Gasteiger partial charge in [-0.25, -0.2) is 9.97 Å². The summed E-state index contributed by atoms with van der Waals surface area (Å²) in [7, 11) is 0. The van der Waals surface area contributed by atoms with Gasteiger partial charge in [-0.3, -0.25) is 4.79 Å². The van der Waals surface area contributed by atoms with E-state index in [0.717, 1.165) is 37.8 Å². The smallest absolute Gasteiger partial charge is 0.366 e. The highest BCUT2D eigenvalue weighted by atomic mass is 35.5. The lowest BCUT2D eigenvalue weighted by Crippen LogP contribution is -2.19. The van der Waals surface area contributed by atoms with Gasteiger partial charge in [0.2, 0.25) is 0 Å². The van der Waals surface area contributed by atoms with E-state index in [9.17, 15) is 18.0 Å². The minimum atomic E-state index is -4.64. The number of aromatic nitrogens is 2. The molecular weight excluding hydrogens is 369 g/mol. The highest BCUT2D eigenvalue weighted by Gasteiger charge is 2.34. The van der Waals surface area contributed by atoms with Crippen molar-refractivity contribution in [3.8, 4) is 0 Å². The minimum absolute atomic E-state index is 0.0718. The first-order chi connectivity index (χ1) is 12.3. The molecule has 9 heteroatoms. The van der Waals surface area contributed by atoms with Crippen LogP contribution in [0.3, 0.4) is 0 Å². The normalized spacial score (nSPS) is 15.1. The molecule has 138 valence electrons. The van der Waals surface area contributed by atoms with E-state index >= 15 is 0 Å². The Balaban J connectivity index is 1.72. The number of carbonyl (C=O) groups excluding carboxylic acids is 1. The molecule has 1 heterocycles. The molecule has 0 aliphatic heterocycles. The molecule has 0 bridgehead atoms. The molecule has 0 radical (unpaired) electrons. The lowest BCUT2D eigenvalue weighted by molar-refractivity contribution is -0.136. The standard InChI is InChI=1S/C17H16ClF3N4O/c18-10-5-6-13(12(7-10)17(19,20)21)25-16(26)14-8-23-15(9-22-14)24-11-3-1-2-4-11/h5-9,11H,1-4H2,(H,23,24)(H,25,26). The molecule has 2 N–H and O–H groups in total. The fourth-order valence-corrected chi connectivity index (χ4v) is 3.02. The van der Waals surface area contributed by atoms with E-state index in [-0.39, 0.29) is 16.4 Å². The van der Waals surface area contributed by atoms with Crippen LogP contribution in [-0.2, 0) is 6.18 Å². The van der Waals surface area contributed by atoms with E-state index in [1.807, 2.05) is 0 Å². The molecule has 1 aromatic carbocycles. The van der Waals surface area contributed by atoms with Crippen LogP contribution in [0.2, 0.25) is 5.02 Å². The van der Waals surface area contributed by atoms with E-state index in [2.05, 4.69) is 20.6 Å². The molecule has 26 heavy (non-hydrogen) atoms. The van der Waals surface area contributed by atoms with E-state index in [4.69, 9.17) is 11.6 Å². The predicted octanol–water partition coefficient (Wildman–Crippen LogP) is 4.76. The van der Waals surface area contributed by atoms with E-state index in [1.54, 1.807) is 0 Å². The number of rotatable bonds is 4. The number of amides is 1. The average molecular weight is 385 g/mol. The minimum Gasteiger partial charge on any atom is -0.366 e. The third kappa shape index (κ3) is 4.43. The van der Waals surface area contributed by atoms with Gasteiger partial charge in [0, 0.05) is 11.1 Å². The molecule has 1 fully saturated rings. The van der Waals surface area contributed by atoms with E-state index < -0.39 is 17.6 Å². The summed E-state index contributed by atoms with van der Waals surface area (Å²) < 4.78 is 39.2. The molecule has 0 atom stereocenters. The number of hydrogen-bond donors (Lipinski definition) is 2. The van der Waals surface area contributed by atoms with Gasteiger partial charge in [-0.1, -0.05) is 24.4 Å². The SMILES string of the molecule is O=C(Nc1ccc(Cl)cc1C(F)(F)F)c1cnc(NC2CCCC2)cn1. The van der Waals surface area contributed by atoms with Crippen LogP contribution in [0.25, 0.3) is 0 Å². The van der Waals surface area contributed by atoms with E-state index in [1.165, 1.54) is 18.5 Å². The largest absolute Gasteiger partial charge is 0.418 e. The molecule has 1 amide bonds. The molecule has 0 unspecified atom stereocenters. The Morgan fingerprint density at radius 3 is 2.50 bits per heavy atom. The van der Waals surface area contributed by atoms with Crippen LogP contribution in [0.15, 0.2) is 30.6 Å². The molecule has 1 aromatic heterocycles. The Hall–Kier alpha value is -2.35. The molecule has 0 spiro atoms. The van der Waals surface area contributed by atoms with Gasteiger partial charge < -0.3 is 10.6 Å². The predicted molar refractivity (Wildman–Crippen MR) is 92.3 cm³/mol. The first kappa shape index (κ1) is 18.4. The van der Waals surface area contributed by atoms with Crippen LogP contribution >= 0.6 is 11.6 Å². The summed E-state index contributed by atoms with van der Waals surface area (Å²) >= 11 is 5.62. The number of alkyl halides is 3. The van der Waals surface area contributed by atoms with E-state index in [0.29, 0.717) is 11.9 Å². The van der Waals surface area contributed by atoms with Crippen LogP contribution < -0.4 is 10.6 Å². The second kappa shape index (κ2) is 7.49. The van der Waals surface area contributed by atoms with Crippen molar-refractivity contribution in [1.82, 2.24) is 9.97 Å². The molecule has 3 rings (SSSR count). The summed E-state index contributed by atoms with van der Waals surface area (Å²) in [5, 5.41) is 5.36. The molecular formula is C17H16ClF3N4O. The van der Waals surface area contributed by atoms with Crippen LogP contribution in [0.4, 0.5) is 24.7 Å². The monoisotopic (exact) mass is 384 g/mol. The molecule has 2 aromatic rings. The lowest BCUT2D eigenvalue weighted by atomic mass is 10.1. The van der Waals surface area contributed by atoms with Gasteiger partial charge in [0.1, 0.15) is 11.5 Å². The zero-order chi connectivity index (χ0) is 18.7. The first-order valence-corrected chi connectivity index (χ1v) is 8.47. The zero-order valence-corrected chi connectivity index (χ0v) is 14.4. The molecule has 1 saturated carbocycles. The fraction of sp³-hybridized carbons (Fsp3) is 0.353. The van der Waals surface area contributed by atoms with Gasteiger partial charge >= 0.3 is 6.18 Å². The maximum Gasteiger partial charge on any atom is 0.418 e. The number of benzene rings is 1. The van der Waals surface area contributed by atoms with Crippen LogP contribution in [0.5, 0.6) is 0 Å². The van der Waals surface area contributed by atoms with Crippen molar-refractivity contribution < 1.29 is 18.0 Å². The Bertz CT molecular complexity index is 790. The molecule has 1 aliphatic carbocycles. The van der Waals surface area contributed by atoms with Crippen LogP contribution in [-0.4, -0.2) is 21.9 Å². The summed E-state index contributed by atoms with van der Waals surface area (Å²) in [6, 6.07) is 3.48. The highest BCUT2D eigenvalue weighted by Crippen LogP contribution is 2.36. The van der Waals surface area contributed by atoms with Gasteiger partial charge in [-0.2, -0.15) is 13.2 Å². The number of halogens is 4. The lowest BCUT2D eigenvalue weighted by Gasteiger charge is -2.14. The number of hydrogen-bond acceptors (Lipinski definition) is 4. The second-order valence-electron chi connectivity index (χ2n) is 6.05. The highest BCUT2D eigenvalue weighted by molar-refractivity contribution is 6.30. The van der Waals surface area contributed by atoms with Crippen molar-refractivity contribution in [1.29, 1.82) is 0 Å². The summed E-state index contributed by atoms with van der Waals surface area (Å²) in [4.78, 5) is 20.3.